The molecule has 6 heteroatoms. The van der Waals surface area contributed by atoms with Crippen LogP contribution in [0.2, 0.25) is 0 Å². The van der Waals surface area contributed by atoms with Gasteiger partial charge < -0.3 is 29.2 Å². The number of benzene rings is 2. The Morgan fingerprint density at radius 2 is 1.58 bits per heavy atom. The first kappa shape index (κ1) is 17.6. The number of aliphatic hydroxyl groups is 2. The van der Waals surface area contributed by atoms with Crippen LogP contribution in [0.5, 0.6) is 0 Å². The summed E-state index contributed by atoms with van der Waals surface area (Å²) in [5.74, 6) is 0. The van der Waals surface area contributed by atoms with E-state index in [4.69, 9.17) is 18.9 Å². The van der Waals surface area contributed by atoms with Gasteiger partial charge in [0.15, 0.2) is 12.6 Å². The molecule has 0 amide bonds. The van der Waals surface area contributed by atoms with Crippen LogP contribution in [0.3, 0.4) is 0 Å². The SMILES string of the molecule is OC1[C@@H](OCc2ccccc2)OC2COC(c3ccccc3)O[C@@H]2[C@H]1O. The van der Waals surface area contributed by atoms with Gasteiger partial charge in [0.1, 0.15) is 24.4 Å². The van der Waals surface area contributed by atoms with E-state index in [1.165, 1.54) is 0 Å². The number of rotatable bonds is 4. The van der Waals surface area contributed by atoms with E-state index >= 15 is 0 Å². The minimum Gasteiger partial charge on any atom is -0.387 e. The van der Waals surface area contributed by atoms with Crippen molar-refractivity contribution in [2.24, 2.45) is 0 Å². The van der Waals surface area contributed by atoms with Gasteiger partial charge in [0.25, 0.3) is 0 Å². The molecule has 0 spiro atoms. The molecule has 6 nitrogen and oxygen atoms in total. The smallest absolute Gasteiger partial charge is 0.187 e. The molecule has 2 aromatic carbocycles. The molecular formula is C20H22O6. The van der Waals surface area contributed by atoms with Gasteiger partial charge in [-0.3, -0.25) is 0 Å². The van der Waals surface area contributed by atoms with Gasteiger partial charge in [-0.25, -0.2) is 0 Å². The molecule has 3 unspecified atom stereocenters. The zero-order valence-electron chi connectivity index (χ0n) is 14.2. The van der Waals surface area contributed by atoms with Gasteiger partial charge in [-0.15, -0.1) is 0 Å². The quantitative estimate of drug-likeness (QED) is 0.867. The van der Waals surface area contributed by atoms with E-state index in [9.17, 15) is 10.2 Å². The average Bonchev–Trinajstić information content (AvgIpc) is 2.71. The molecule has 2 saturated heterocycles. The van der Waals surface area contributed by atoms with Crippen LogP contribution in [0.1, 0.15) is 17.4 Å². The van der Waals surface area contributed by atoms with E-state index in [1.54, 1.807) is 0 Å². The topological polar surface area (TPSA) is 77.4 Å². The second-order valence-corrected chi connectivity index (χ2v) is 6.50. The molecule has 2 aliphatic rings. The van der Waals surface area contributed by atoms with Crippen molar-refractivity contribution < 1.29 is 29.2 Å². The molecule has 4 rings (SSSR count). The molecule has 0 radical (unpaired) electrons. The van der Waals surface area contributed by atoms with Crippen LogP contribution < -0.4 is 0 Å². The van der Waals surface area contributed by atoms with E-state index in [2.05, 4.69) is 0 Å². The molecule has 2 heterocycles. The molecular weight excluding hydrogens is 336 g/mol. The standard InChI is InChI=1S/C20H22O6/c21-16-17(22)20(23-11-13-7-3-1-4-8-13)25-15-12-24-19(26-18(15)16)14-9-5-2-6-10-14/h1-10,15-22H,11-12H2/t15?,16-,17?,18-,19?,20-/m0/s1. The van der Waals surface area contributed by atoms with Crippen molar-refractivity contribution in [2.45, 2.75) is 43.6 Å². The van der Waals surface area contributed by atoms with Crippen LogP contribution in [0.4, 0.5) is 0 Å². The molecule has 0 saturated carbocycles. The number of ether oxygens (including phenoxy) is 4. The number of hydrogen-bond acceptors (Lipinski definition) is 6. The summed E-state index contributed by atoms with van der Waals surface area (Å²) in [7, 11) is 0. The van der Waals surface area contributed by atoms with Crippen LogP contribution >= 0.6 is 0 Å². The van der Waals surface area contributed by atoms with Crippen LogP contribution in [-0.2, 0) is 25.6 Å². The third-order valence-electron chi connectivity index (χ3n) is 4.66. The first-order chi connectivity index (χ1) is 12.7. The van der Waals surface area contributed by atoms with Gasteiger partial charge >= 0.3 is 0 Å². The molecule has 6 atom stereocenters. The maximum Gasteiger partial charge on any atom is 0.187 e. The van der Waals surface area contributed by atoms with Crippen molar-refractivity contribution in [3.63, 3.8) is 0 Å². The molecule has 2 N–H and O–H groups in total. The highest BCUT2D eigenvalue weighted by Gasteiger charge is 2.49. The van der Waals surface area contributed by atoms with Gasteiger partial charge in [0, 0.05) is 5.56 Å². The lowest BCUT2D eigenvalue weighted by Gasteiger charge is -2.46. The molecule has 26 heavy (non-hydrogen) atoms. The third-order valence-corrected chi connectivity index (χ3v) is 4.66. The van der Waals surface area contributed by atoms with Gasteiger partial charge in [-0.1, -0.05) is 60.7 Å². The first-order valence-electron chi connectivity index (χ1n) is 8.71. The van der Waals surface area contributed by atoms with E-state index in [0.29, 0.717) is 0 Å². The Bertz CT molecular complexity index is 692. The largest absolute Gasteiger partial charge is 0.387 e. The van der Waals surface area contributed by atoms with Crippen molar-refractivity contribution in [3.8, 4) is 0 Å². The Hall–Kier alpha value is -1.80. The summed E-state index contributed by atoms with van der Waals surface area (Å²) in [5, 5.41) is 20.9. The lowest BCUT2D eigenvalue weighted by atomic mass is 9.98. The van der Waals surface area contributed by atoms with Gasteiger partial charge in [0.05, 0.1) is 13.2 Å². The van der Waals surface area contributed by atoms with E-state index in [-0.39, 0.29) is 13.2 Å². The van der Waals surface area contributed by atoms with E-state index in [1.807, 2.05) is 60.7 Å². The zero-order valence-corrected chi connectivity index (χ0v) is 14.2. The Morgan fingerprint density at radius 1 is 0.885 bits per heavy atom. The summed E-state index contributed by atoms with van der Waals surface area (Å²) in [5.41, 5.74) is 1.82. The summed E-state index contributed by atoms with van der Waals surface area (Å²) < 4.78 is 23.1. The molecule has 0 aliphatic carbocycles. The highest BCUT2D eigenvalue weighted by atomic mass is 16.8. The van der Waals surface area contributed by atoms with Gasteiger partial charge in [-0.05, 0) is 5.56 Å². The maximum absolute atomic E-state index is 10.5. The Labute approximate surface area is 151 Å². The van der Waals surface area contributed by atoms with Crippen LogP contribution in [0.15, 0.2) is 60.7 Å². The molecule has 2 aliphatic heterocycles. The molecule has 0 bridgehead atoms. The maximum atomic E-state index is 10.5. The highest BCUT2D eigenvalue weighted by Crippen LogP contribution is 2.34. The van der Waals surface area contributed by atoms with Gasteiger partial charge in [-0.2, -0.15) is 0 Å². The average molecular weight is 358 g/mol. The van der Waals surface area contributed by atoms with Crippen molar-refractivity contribution in [1.29, 1.82) is 0 Å². The first-order valence-corrected chi connectivity index (χ1v) is 8.71. The minimum absolute atomic E-state index is 0.249. The Kier molecular flexibility index (Phi) is 5.31. The lowest BCUT2D eigenvalue weighted by molar-refractivity contribution is -0.362. The summed E-state index contributed by atoms with van der Waals surface area (Å²) in [6.07, 6.45) is -5.04. The second-order valence-electron chi connectivity index (χ2n) is 6.50. The van der Waals surface area contributed by atoms with Crippen molar-refractivity contribution in [3.05, 3.63) is 71.8 Å². The Balaban J connectivity index is 1.40. The molecule has 2 fully saturated rings. The molecule has 0 aromatic heterocycles. The monoisotopic (exact) mass is 358 g/mol. The number of aliphatic hydroxyl groups excluding tert-OH is 2. The second kappa shape index (κ2) is 7.84. The number of fused-ring (bicyclic) bond motifs is 1. The normalized spacial score (nSPS) is 34.2. The van der Waals surface area contributed by atoms with Gasteiger partial charge in [0.2, 0.25) is 0 Å². The molecule has 2 aromatic rings. The predicted octanol–water partition coefficient (Wildman–Crippen LogP) is 1.76. The van der Waals surface area contributed by atoms with Crippen LogP contribution in [0.25, 0.3) is 0 Å². The van der Waals surface area contributed by atoms with Crippen LogP contribution in [0, 0.1) is 0 Å². The Morgan fingerprint density at radius 3 is 2.31 bits per heavy atom. The van der Waals surface area contributed by atoms with Crippen molar-refractivity contribution in [1.82, 2.24) is 0 Å². The van der Waals surface area contributed by atoms with E-state index < -0.39 is 37.0 Å². The fourth-order valence-electron chi connectivity index (χ4n) is 3.25. The summed E-state index contributed by atoms with van der Waals surface area (Å²) in [6.45, 7) is 0.528. The van der Waals surface area contributed by atoms with Crippen molar-refractivity contribution >= 4 is 0 Å². The van der Waals surface area contributed by atoms with E-state index in [0.717, 1.165) is 11.1 Å². The fraction of sp³-hybridized carbons (Fsp3) is 0.400. The third kappa shape index (κ3) is 3.66. The minimum atomic E-state index is -1.20. The summed E-state index contributed by atoms with van der Waals surface area (Å²) in [6, 6.07) is 19.1. The molecule has 138 valence electrons. The van der Waals surface area contributed by atoms with Crippen molar-refractivity contribution in [2.75, 3.05) is 6.61 Å². The fourth-order valence-corrected chi connectivity index (χ4v) is 3.25. The summed E-state index contributed by atoms with van der Waals surface area (Å²) >= 11 is 0. The lowest BCUT2D eigenvalue weighted by Crippen LogP contribution is -2.62. The predicted molar refractivity (Wildman–Crippen MR) is 91.9 cm³/mol. The summed E-state index contributed by atoms with van der Waals surface area (Å²) in [4.78, 5) is 0. The zero-order chi connectivity index (χ0) is 17.9. The van der Waals surface area contributed by atoms with Crippen LogP contribution in [-0.4, -0.2) is 47.5 Å². The number of hydrogen-bond donors (Lipinski definition) is 2. The highest BCUT2D eigenvalue weighted by molar-refractivity contribution is 5.17.